The fraction of sp³-hybridized carbons (Fsp3) is 0.294. The Morgan fingerprint density at radius 3 is 2.30 bits per heavy atom. The van der Waals surface area contributed by atoms with E-state index in [1.807, 2.05) is 12.1 Å². The minimum Gasteiger partial charge on any atom is -0.0827 e. The summed E-state index contributed by atoms with van der Waals surface area (Å²) in [4.78, 5) is 0.112. The van der Waals surface area contributed by atoms with Crippen molar-refractivity contribution >= 4 is 43.5 Å². The van der Waals surface area contributed by atoms with Crippen molar-refractivity contribution in [3.8, 4) is 0 Å². The molecule has 1 atom stereocenters. The standard InChI is InChI=1S/C17H17Br2Cl/c1-11(2)10-12-6-8-13(9-7-12)16(19)14-4-3-5-15(18)17(14)20/h3-9,11,16H,10H2,1-2H3. The van der Waals surface area contributed by atoms with Crippen molar-refractivity contribution in [2.24, 2.45) is 5.92 Å². The van der Waals surface area contributed by atoms with Crippen LogP contribution < -0.4 is 0 Å². The van der Waals surface area contributed by atoms with Crippen LogP contribution >= 0.6 is 43.5 Å². The molecule has 2 aromatic carbocycles. The van der Waals surface area contributed by atoms with E-state index in [0.717, 1.165) is 21.5 Å². The quantitative estimate of drug-likeness (QED) is 0.482. The molecule has 0 heterocycles. The van der Waals surface area contributed by atoms with E-state index in [1.54, 1.807) is 0 Å². The molecule has 0 aliphatic rings. The van der Waals surface area contributed by atoms with Gasteiger partial charge in [-0.3, -0.25) is 0 Å². The van der Waals surface area contributed by atoms with Crippen LogP contribution in [0.5, 0.6) is 0 Å². The van der Waals surface area contributed by atoms with Gasteiger partial charge in [0.2, 0.25) is 0 Å². The van der Waals surface area contributed by atoms with E-state index in [0.29, 0.717) is 5.92 Å². The van der Waals surface area contributed by atoms with Crippen molar-refractivity contribution in [3.63, 3.8) is 0 Å². The van der Waals surface area contributed by atoms with Gasteiger partial charge < -0.3 is 0 Å². The van der Waals surface area contributed by atoms with E-state index in [4.69, 9.17) is 11.6 Å². The second-order valence-electron chi connectivity index (χ2n) is 5.35. The Morgan fingerprint density at radius 2 is 1.70 bits per heavy atom. The predicted molar refractivity (Wildman–Crippen MR) is 94.9 cm³/mol. The van der Waals surface area contributed by atoms with Crippen molar-refractivity contribution < 1.29 is 0 Å². The Morgan fingerprint density at radius 1 is 1.05 bits per heavy atom. The van der Waals surface area contributed by atoms with E-state index in [9.17, 15) is 0 Å². The summed E-state index contributed by atoms with van der Waals surface area (Å²) in [5, 5.41) is 0.764. The highest BCUT2D eigenvalue weighted by molar-refractivity contribution is 9.10. The first kappa shape index (κ1) is 16.1. The van der Waals surface area contributed by atoms with E-state index in [-0.39, 0.29) is 4.83 Å². The lowest BCUT2D eigenvalue weighted by Crippen LogP contribution is -1.97. The summed E-state index contributed by atoms with van der Waals surface area (Å²) in [7, 11) is 0. The molecule has 2 rings (SSSR count). The van der Waals surface area contributed by atoms with E-state index < -0.39 is 0 Å². The van der Waals surface area contributed by atoms with Gasteiger partial charge in [-0.15, -0.1) is 0 Å². The summed E-state index contributed by atoms with van der Waals surface area (Å²) in [6, 6.07) is 14.8. The molecule has 0 N–H and O–H groups in total. The number of rotatable bonds is 4. The molecule has 0 saturated heterocycles. The van der Waals surface area contributed by atoms with E-state index in [2.05, 4.69) is 76.0 Å². The average Bonchev–Trinajstić information content (AvgIpc) is 2.41. The molecule has 0 bridgehead atoms. The van der Waals surface area contributed by atoms with Crippen LogP contribution in [-0.4, -0.2) is 0 Å². The molecule has 0 nitrogen and oxygen atoms in total. The van der Waals surface area contributed by atoms with Crippen LogP contribution in [0.15, 0.2) is 46.9 Å². The number of halogens is 3. The Labute approximate surface area is 142 Å². The van der Waals surface area contributed by atoms with Crippen LogP contribution in [0.3, 0.4) is 0 Å². The number of hydrogen-bond acceptors (Lipinski definition) is 0. The monoisotopic (exact) mass is 414 g/mol. The van der Waals surface area contributed by atoms with E-state index in [1.165, 1.54) is 11.1 Å². The Balaban J connectivity index is 2.25. The van der Waals surface area contributed by atoms with Gasteiger partial charge in [0.15, 0.2) is 0 Å². The fourth-order valence-electron chi connectivity index (χ4n) is 2.19. The Hall–Kier alpha value is -0.310. The molecular formula is C17H17Br2Cl. The lowest BCUT2D eigenvalue weighted by Gasteiger charge is -2.14. The van der Waals surface area contributed by atoms with Crippen LogP contribution in [-0.2, 0) is 6.42 Å². The van der Waals surface area contributed by atoms with Gasteiger partial charge in [-0.1, -0.05) is 77.8 Å². The minimum atomic E-state index is 0.112. The first-order chi connectivity index (χ1) is 9.49. The second-order valence-corrected chi connectivity index (χ2v) is 7.49. The first-order valence-corrected chi connectivity index (χ1v) is 8.74. The van der Waals surface area contributed by atoms with Crippen molar-refractivity contribution in [3.05, 3.63) is 68.7 Å². The van der Waals surface area contributed by atoms with Crippen molar-refractivity contribution in [1.29, 1.82) is 0 Å². The third-order valence-corrected chi connectivity index (χ3v) is 5.50. The zero-order valence-electron chi connectivity index (χ0n) is 11.5. The van der Waals surface area contributed by atoms with Crippen LogP contribution in [0.1, 0.15) is 35.4 Å². The molecule has 0 saturated carbocycles. The molecule has 0 aliphatic carbocycles. The summed E-state index contributed by atoms with van der Waals surface area (Å²) in [5.74, 6) is 0.681. The van der Waals surface area contributed by atoms with Crippen LogP contribution in [0.2, 0.25) is 5.02 Å². The maximum atomic E-state index is 6.36. The Bertz CT molecular complexity index is 576. The first-order valence-electron chi connectivity index (χ1n) is 6.66. The topological polar surface area (TPSA) is 0 Å². The van der Waals surface area contributed by atoms with Crippen LogP contribution in [0.4, 0.5) is 0 Å². The zero-order valence-corrected chi connectivity index (χ0v) is 15.5. The summed E-state index contributed by atoms with van der Waals surface area (Å²) in [6.45, 7) is 4.48. The molecule has 2 aromatic rings. The number of benzene rings is 2. The fourth-order valence-corrected chi connectivity index (χ4v) is 3.63. The summed E-state index contributed by atoms with van der Waals surface area (Å²) >= 11 is 13.6. The van der Waals surface area contributed by atoms with Gasteiger partial charge in [0.05, 0.1) is 9.85 Å². The van der Waals surface area contributed by atoms with Crippen LogP contribution in [0, 0.1) is 5.92 Å². The number of alkyl halides is 1. The normalized spacial score (nSPS) is 12.7. The van der Waals surface area contributed by atoms with Gasteiger partial charge in [-0.05, 0) is 51.0 Å². The molecule has 20 heavy (non-hydrogen) atoms. The summed E-state index contributed by atoms with van der Waals surface area (Å²) in [6.07, 6.45) is 1.12. The third kappa shape index (κ3) is 3.87. The van der Waals surface area contributed by atoms with Gasteiger partial charge in [-0.25, -0.2) is 0 Å². The smallest absolute Gasteiger partial charge is 0.0659 e. The summed E-state index contributed by atoms with van der Waals surface area (Å²) in [5.41, 5.74) is 3.68. The van der Waals surface area contributed by atoms with Gasteiger partial charge in [-0.2, -0.15) is 0 Å². The van der Waals surface area contributed by atoms with Crippen molar-refractivity contribution in [2.75, 3.05) is 0 Å². The highest BCUT2D eigenvalue weighted by Gasteiger charge is 2.15. The highest BCUT2D eigenvalue weighted by atomic mass is 79.9. The maximum Gasteiger partial charge on any atom is 0.0659 e. The minimum absolute atomic E-state index is 0.112. The maximum absolute atomic E-state index is 6.36. The largest absolute Gasteiger partial charge is 0.0827 e. The molecule has 0 radical (unpaired) electrons. The van der Waals surface area contributed by atoms with Crippen LogP contribution in [0.25, 0.3) is 0 Å². The highest BCUT2D eigenvalue weighted by Crippen LogP contribution is 2.38. The number of hydrogen-bond donors (Lipinski definition) is 0. The van der Waals surface area contributed by atoms with E-state index >= 15 is 0 Å². The van der Waals surface area contributed by atoms with Gasteiger partial charge in [0, 0.05) is 4.47 Å². The SMILES string of the molecule is CC(C)Cc1ccc(C(Br)c2cccc(Br)c2Cl)cc1. The molecule has 106 valence electrons. The molecule has 0 fully saturated rings. The lowest BCUT2D eigenvalue weighted by atomic mass is 9.99. The molecule has 0 aromatic heterocycles. The predicted octanol–water partition coefficient (Wildman–Crippen LogP) is 6.79. The average molecular weight is 417 g/mol. The molecule has 3 heteroatoms. The zero-order chi connectivity index (χ0) is 14.7. The third-order valence-electron chi connectivity index (χ3n) is 3.17. The molecule has 0 amide bonds. The van der Waals surface area contributed by atoms with Gasteiger partial charge >= 0.3 is 0 Å². The van der Waals surface area contributed by atoms with Crippen molar-refractivity contribution in [2.45, 2.75) is 25.1 Å². The molecule has 0 aliphatic heterocycles. The lowest BCUT2D eigenvalue weighted by molar-refractivity contribution is 0.647. The van der Waals surface area contributed by atoms with Crippen molar-refractivity contribution in [1.82, 2.24) is 0 Å². The summed E-state index contributed by atoms with van der Waals surface area (Å²) < 4.78 is 0.928. The Kier molecular flexibility index (Phi) is 5.71. The second kappa shape index (κ2) is 7.11. The molecule has 0 spiro atoms. The van der Waals surface area contributed by atoms with Gasteiger partial charge in [0.1, 0.15) is 0 Å². The van der Waals surface area contributed by atoms with Gasteiger partial charge in [0.25, 0.3) is 0 Å². The molecular weight excluding hydrogens is 399 g/mol. The molecule has 1 unspecified atom stereocenters.